The largest absolute Gasteiger partial charge is 0.454 e. The number of hydrogen-bond acceptors (Lipinski definition) is 5. The van der Waals surface area contributed by atoms with Crippen LogP contribution in [-0.2, 0) is 9.53 Å². The van der Waals surface area contributed by atoms with Crippen LogP contribution in [-0.4, -0.2) is 24.7 Å². The number of carbonyl (C=O) groups excluding carboxylic acids is 2. The van der Waals surface area contributed by atoms with E-state index in [1.165, 1.54) is 12.1 Å². The average molecular weight is 374 g/mol. The first-order valence-corrected chi connectivity index (χ1v) is 8.65. The quantitative estimate of drug-likeness (QED) is 0.814. The molecule has 1 aliphatic heterocycles. The number of esters is 1. The Kier molecular flexibility index (Phi) is 4.42. The van der Waals surface area contributed by atoms with Crippen molar-refractivity contribution in [3.8, 4) is 11.5 Å². The maximum absolute atomic E-state index is 12.6. The highest BCUT2D eigenvalue weighted by Crippen LogP contribution is 2.40. The van der Waals surface area contributed by atoms with Crippen LogP contribution in [0.4, 0.5) is 0 Å². The van der Waals surface area contributed by atoms with Crippen molar-refractivity contribution < 1.29 is 23.8 Å². The summed E-state index contributed by atoms with van der Waals surface area (Å²) >= 11 is 6.12. The lowest BCUT2D eigenvalue weighted by Gasteiger charge is -2.18. The molecule has 1 heterocycles. The van der Waals surface area contributed by atoms with Gasteiger partial charge in [-0.3, -0.25) is 4.79 Å². The molecule has 2 aliphatic rings. The Balaban J connectivity index is 1.58. The molecular weight excluding hydrogens is 358 g/mol. The molecule has 1 saturated carbocycles. The molecule has 7 heteroatoms. The molecule has 26 heavy (non-hydrogen) atoms. The molecule has 2 aromatic rings. The van der Waals surface area contributed by atoms with Crippen molar-refractivity contribution in [1.82, 2.24) is 5.32 Å². The molecule has 2 aromatic carbocycles. The fraction of sp³-hybridized carbons (Fsp3) is 0.263. The zero-order valence-corrected chi connectivity index (χ0v) is 14.5. The molecule has 0 saturated heterocycles. The molecule has 4 rings (SSSR count). The van der Waals surface area contributed by atoms with Crippen LogP contribution in [0.2, 0.25) is 5.02 Å². The van der Waals surface area contributed by atoms with Gasteiger partial charge in [-0.15, -0.1) is 0 Å². The maximum atomic E-state index is 12.6. The molecule has 0 unspecified atom stereocenters. The predicted molar refractivity (Wildman–Crippen MR) is 93.3 cm³/mol. The molecule has 1 atom stereocenters. The minimum atomic E-state index is -1.03. The van der Waals surface area contributed by atoms with E-state index >= 15 is 0 Å². The summed E-state index contributed by atoms with van der Waals surface area (Å²) in [5.74, 6) is -0.221. The van der Waals surface area contributed by atoms with Crippen LogP contribution in [0.5, 0.6) is 11.5 Å². The van der Waals surface area contributed by atoms with Crippen molar-refractivity contribution in [1.29, 1.82) is 0 Å². The predicted octanol–water partition coefficient (Wildman–Crippen LogP) is 3.25. The molecule has 1 fully saturated rings. The van der Waals surface area contributed by atoms with E-state index in [-0.39, 0.29) is 29.3 Å². The summed E-state index contributed by atoms with van der Waals surface area (Å²) in [6.07, 6.45) is 0.853. The van der Waals surface area contributed by atoms with Gasteiger partial charge in [-0.25, -0.2) is 4.79 Å². The summed E-state index contributed by atoms with van der Waals surface area (Å²) in [5.41, 5.74) is 0.797. The first-order chi connectivity index (χ1) is 12.6. The van der Waals surface area contributed by atoms with E-state index in [0.717, 1.165) is 12.8 Å². The maximum Gasteiger partial charge on any atom is 0.339 e. The third-order valence-corrected chi connectivity index (χ3v) is 4.43. The van der Waals surface area contributed by atoms with Crippen molar-refractivity contribution in [2.24, 2.45) is 0 Å². The van der Waals surface area contributed by atoms with Gasteiger partial charge < -0.3 is 19.5 Å². The molecular formula is C19H16ClNO5. The number of benzene rings is 2. The molecule has 0 radical (unpaired) electrons. The second kappa shape index (κ2) is 6.88. The van der Waals surface area contributed by atoms with E-state index in [9.17, 15) is 9.59 Å². The van der Waals surface area contributed by atoms with E-state index in [2.05, 4.69) is 5.32 Å². The van der Waals surface area contributed by atoms with Crippen LogP contribution < -0.4 is 14.8 Å². The Morgan fingerprint density at radius 1 is 1.15 bits per heavy atom. The summed E-state index contributed by atoms with van der Waals surface area (Å²) in [6, 6.07) is 12.0. The summed E-state index contributed by atoms with van der Waals surface area (Å²) in [6.45, 7) is 0.0456. The number of ether oxygens (including phenoxy) is 3. The lowest BCUT2D eigenvalue weighted by Crippen LogP contribution is -2.33. The molecule has 0 aromatic heterocycles. The molecule has 6 nitrogen and oxygen atoms in total. The third-order valence-electron chi connectivity index (χ3n) is 4.15. The molecule has 0 bridgehead atoms. The van der Waals surface area contributed by atoms with Gasteiger partial charge in [0.25, 0.3) is 5.91 Å². The van der Waals surface area contributed by atoms with Gasteiger partial charge in [0.05, 0.1) is 10.6 Å². The Labute approximate surface area is 155 Å². The Morgan fingerprint density at radius 2 is 1.92 bits per heavy atom. The zero-order chi connectivity index (χ0) is 18.1. The lowest BCUT2D eigenvalue weighted by atomic mass is 10.1. The van der Waals surface area contributed by atoms with Crippen molar-refractivity contribution in [3.63, 3.8) is 0 Å². The summed E-state index contributed by atoms with van der Waals surface area (Å²) in [4.78, 5) is 25.2. The van der Waals surface area contributed by atoms with Gasteiger partial charge in [0.15, 0.2) is 11.5 Å². The van der Waals surface area contributed by atoms with Gasteiger partial charge >= 0.3 is 5.97 Å². The number of fused-ring (bicyclic) bond motifs is 1. The van der Waals surface area contributed by atoms with Crippen LogP contribution in [0.25, 0.3) is 0 Å². The van der Waals surface area contributed by atoms with E-state index in [1.54, 1.807) is 24.3 Å². The number of amides is 1. The highest BCUT2D eigenvalue weighted by molar-refractivity contribution is 6.32. The first-order valence-electron chi connectivity index (χ1n) is 8.27. The van der Waals surface area contributed by atoms with Crippen molar-refractivity contribution >= 4 is 23.5 Å². The van der Waals surface area contributed by atoms with Gasteiger partial charge in [0.2, 0.25) is 12.9 Å². The zero-order valence-electron chi connectivity index (χ0n) is 13.7. The van der Waals surface area contributed by atoms with Gasteiger partial charge in [0.1, 0.15) is 0 Å². The van der Waals surface area contributed by atoms with Crippen molar-refractivity contribution in [2.75, 3.05) is 6.79 Å². The smallest absolute Gasteiger partial charge is 0.339 e. The Hall–Kier alpha value is -2.73. The van der Waals surface area contributed by atoms with Gasteiger partial charge in [-0.1, -0.05) is 41.9 Å². The van der Waals surface area contributed by atoms with Crippen LogP contribution in [0, 0.1) is 0 Å². The number of halogens is 1. The lowest BCUT2D eigenvalue weighted by molar-refractivity contribution is -0.130. The average Bonchev–Trinajstić information content (AvgIpc) is 3.32. The van der Waals surface area contributed by atoms with Crippen LogP contribution >= 0.6 is 11.6 Å². The standard InChI is InChI=1S/C19H16ClNO5/c20-14-8-12(9-15-17(14)25-10-24-15)19(23)26-16(11-4-2-1-3-5-11)18(22)21-13-6-7-13/h1-5,8-9,13,16H,6-7,10H2,(H,21,22)/t16-/m0/s1. The van der Waals surface area contributed by atoms with E-state index in [4.69, 9.17) is 25.8 Å². The normalized spacial score (nSPS) is 16.0. The van der Waals surface area contributed by atoms with Crippen LogP contribution in [0.15, 0.2) is 42.5 Å². The number of rotatable bonds is 5. The second-order valence-electron chi connectivity index (χ2n) is 6.17. The van der Waals surface area contributed by atoms with E-state index in [0.29, 0.717) is 17.1 Å². The monoisotopic (exact) mass is 373 g/mol. The minimum absolute atomic E-state index is 0.0456. The summed E-state index contributed by atoms with van der Waals surface area (Å²) in [7, 11) is 0. The third kappa shape index (κ3) is 3.46. The number of hydrogen-bond donors (Lipinski definition) is 1. The van der Waals surface area contributed by atoms with Gasteiger partial charge in [0, 0.05) is 11.6 Å². The molecule has 1 N–H and O–H groups in total. The summed E-state index contributed by atoms with van der Waals surface area (Å²) in [5, 5.41) is 3.13. The fourth-order valence-electron chi connectivity index (χ4n) is 2.67. The molecule has 1 aliphatic carbocycles. The molecule has 1 amide bonds. The number of carbonyl (C=O) groups is 2. The van der Waals surface area contributed by atoms with Crippen LogP contribution in [0.1, 0.15) is 34.9 Å². The Morgan fingerprint density at radius 3 is 2.65 bits per heavy atom. The minimum Gasteiger partial charge on any atom is -0.454 e. The highest BCUT2D eigenvalue weighted by atomic mass is 35.5. The van der Waals surface area contributed by atoms with E-state index in [1.807, 2.05) is 6.07 Å². The fourth-order valence-corrected chi connectivity index (χ4v) is 2.93. The van der Waals surface area contributed by atoms with Gasteiger partial charge in [-0.05, 0) is 25.0 Å². The Bertz CT molecular complexity index is 851. The van der Waals surface area contributed by atoms with Gasteiger partial charge in [-0.2, -0.15) is 0 Å². The van der Waals surface area contributed by atoms with E-state index < -0.39 is 12.1 Å². The molecule has 0 spiro atoms. The topological polar surface area (TPSA) is 73.9 Å². The summed E-state index contributed by atoms with van der Waals surface area (Å²) < 4.78 is 16.0. The van der Waals surface area contributed by atoms with Crippen molar-refractivity contribution in [3.05, 3.63) is 58.6 Å². The second-order valence-corrected chi connectivity index (χ2v) is 6.58. The molecule has 134 valence electrons. The number of nitrogens with one attached hydrogen (secondary N) is 1. The van der Waals surface area contributed by atoms with Crippen LogP contribution in [0.3, 0.4) is 0 Å². The van der Waals surface area contributed by atoms with Crippen molar-refractivity contribution in [2.45, 2.75) is 25.0 Å². The highest BCUT2D eigenvalue weighted by Gasteiger charge is 2.31. The SMILES string of the molecule is O=C(O[C@H](C(=O)NC1CC1)c1ccccc1)c1cc(Cl)c2c(c1)OCO2. The first kappa shape index (κ1) is 16.7.